The first-order valence-corrected chi connectivity index (χ1v) is 6.85. The van der Waals surface area contributed by atoms with Gasteiger partial charge >= 0.3 is 0 Å². The molecule has 1 N–H and O–H groups in total. The summed E-state index contributed by atoms with van der Waals surface area (Å²) in [5.41, 5.74) is 4.44. The largest absolute Gasteiger partial charge is 0.392 e. The first-order valence-electron chi connectivity index (χ1n) is 6.47. The van der Waals surface area contributed by atoms with E-state index in [1.54, 1.807) is 0 Å². The summed E-state index contributed by atoms with van der Waals surface area (Å²) in [6.07, 6.45) is 1.04. The van der Waals surface area contributed by atoms with Crippen molar-refractivity contribution < 1.29 is 5.11 Å². The minimum atomic E-state index is 0.0200. The van der Waals surface area contributed by atoms with Crippen molar-refractivity contribution in [1.29, 1.82) is 0 Å². The average Bonchev–Trinajstić information content (AvgIpc) is 2.75. The third-order valence-electron chi connectivity index (χ3n) is 3.66. The van der Waals surface area contributed by atoms with E-state index in [2.05, 4.69) is 36.1 Å². The molecule has 0 aliphatic carbocycles. The molecule has 1 aliphatic heterocycles. The first kappa shape index (κ1) is 12.5. The highest BCUT2D eigenvalue weighted by atomic mass is 35.5. The number of fused-ring (bicyclic) bond motifs is 1. The second-order valence-electron chi connectivity index (χ2n) is 5.00. The fraction of sp³-hybridized carbons (Fsp3) is 0.250. The van der Waals surface area contributed by atoms with Crippen molar-refractivity contribution in [2.75, 3.05) is 4.90 Å². The molecular weight excluding hydrogens is 258 g/mol. The first-order chi connectivity index (χ1) is 9.20. The smallest absolute Gasteiger partial charge is 0.0682 e. The summed E-state index contributed by atoms with van der Waals surface area (Å²) < 4.78 is 0. The van der Waals surface area contributed by atoms with Crippen molar-refractivity contribution in [2.24, 2.45) is 0 Å². The lowest BCUT2D eigenvalue weighted by molar-refractivity contribution is 0.282. The zero-order valence-corrected chi connectivity index (χ0v) is 11.6. The summed E-state index contributed by atoms with van der Waals surface area (Å²) in [6, 6.07) is 14.6. The van der Waals surface area contributed by atoms with Gasteiger partial charge in [0.05, 0.1) is 17.3 Å². The summed E-state index contributed by atoms with van der Waals surface area (Å²) in [4.78, 5) is 2.28. The molecule has 2 aromatic carbocycles. The van der Waals surface area contributed by atoms with Gasteiger partial charge in [0, 0.05) is 11.7 Å². The lowest BCUT2D eigenvalue weighted by Gasteiger charge is -2.26. The Hall–Kier alpha value is -1.51. The van der Waals surface area contributed by atoms with Gasteiger partial charge in [-0.25, -0.2) is 0 Å². The summed E-state index contributed by atoms with van der Waals surface area (Å²) >= 11 is 6.37. The van der Waals surface area contributed by atoms with Gasteiger partial charge in [-0.3, -0.25) is 0 Å². The van der Waals surface area contributed by atoms with E-state index in [0.29, 0.717) is 11.1 Å². The Bertz CT molecular complexity index is 611. The molecule has 0 spiro atoms. The predicted octanol–water partition coefficient (Wildman–Crippen LogP) is 3.92. The van der Waals surface area contributed by atoms with E-state index in [0.717, 1.165) is 17.7 Å². The lowest BCUT2D eigenvalue weighted by atomic mass is 10.1. The number of halogens is 1. The molecule has 2 aromatic rings. The standard InChI is InChI=1S/C16H16ClNO/c1-11-8-13-4-2-3-5-15(13)18(11)16-7-6-12(10-19)9-14(16)17/h2-7,9,11,19H,8,10H2,1H3. The second-order valence-corrected chi connectivity index (χ2v) is 5.40. The number of anilines is 2. The van der Waals surface area contributed by atoms with E-state index in [1.807, 2.05) is 18.2 Å². The molecule has 1 heterocycles. The van der Waals surface area contributed by atoms with Crippen LogP contribution in [0.1, 0.15) is 18.1 Å². The molecule has 0 amide bonds. The van der Waals surface area contributed by atoms with E-state index in [4.69, 9.17) is 16.7 Å². The van der Waals surface area contributed by atoms with Gasteiger partial charge in [-0.15, -0.1) is 0 Å². The summed E-state index contributed by atoms with van der Waals surface area (Å²) in [7, 11) is 0. The van der Waals surface area contributed by atoms with E-state index < -0.39 is 0 Å². The summed E-state index contributed by atoms with van der Waals surface area (Å²) in [6.45, 7) is 2.22. The topological polar surface area (TPSA) is 23.5 Å². The SMILES string of the molecule is CC1Cc2ccccc2N1c1ccc(CO)cc1Cl. The van der Waals surface area contributed by atoms with Gasteiger partial charge in [-0.1, -0.05) is 35.9 Å². The van der Waals surface area contributed by atoms with Crippen molar-refractivity contribution in [3.8, 4) is 0 Å². The van der Waals surface area contributed by atoms with E-state index in [1.165, 1.54) is 11.3 Å². The molecule has 0 aromatic heterocycles. The van der Waals surface area contributed by atoms with Crippen molar-refractivity contribution >= 4 is 23.0 Å². The highest BCUT2D eigenvalue weighted by Gasteiger charge is 2.27. The van der Waals surface area contributed by atoms with Crippen LogP contribution in [0.25, 0.3) is 0 Å². The van der Waals surface area contributed by atoms with Crippen LogP contribution in [-0.2, 0) is 13.0 Å². The molecular formula is C16H16ClNO. The van der Waals surface area contributed by atoms with Crippen molar-refractivity contribution in [3.63, 3.8) is 0 Å². The maximum Gasteiger partial charge on any atom is 0.0682 e. The minimum absolute atomic E-state index is 0.0200. The maximum atomic E-state index is 9.16. The molecule has 0 bridgehead atoms. The van der Waals surface area contributed by atoms with Crippen LogP contribution < -0.4 is 4.90 Å². The van der Waals surface area contributed by atoms with Crippen molar-refractivity contribution in [1.82, 2.24) is 0 Å². The Kier molecular flexibility index (Phi) is 3.21. The molecule has 98 valence electrons. The molecule has 19 heavy (non-hydrogen) atoms. The third-order valence-corrected chi connectivity index (χ3v) is 3.96. The van der Waals surface area contributed by atoms with Crippen LogP contribution in [0, 0.1) is 0 Å². The van der Waals surface area contributed by atoms with Crippen LogP contribution in [0.5, 0.6) is 0 Å². The maximum absolute atomic E-state index is 9.16. The molecule has 3 heteroatoms. The number of para-hydroxylation sites is 1. The molecule has 0 saturated heterocycles. The summed E-state index contributed by atoms with van der Waals surface area (Å²) in [5, 5.41) is 9.85. The fourth-order valence-electron chi connectivity index (χ4n) is 2.78. The Morgan fingerprint density at radius 2 is 2.00 bits per heavy atom. The molecule has 0 fully saturated rings. The van der Waals surface area contributed by atoms with Gasteiger partial charge in [0.1, 0.15) is 0 Å². The average molecular weight is 274 g/mol. The van der Waals surface area contributed by atoms with Crippen molar-refractivity contribution in [3.05, 3.63) is 58.6 Å². The van der Waals surface area contributed by atoms with Gasteiger partial charge in [0.25, 0.3) is 0 Å². The molecule has 2 nitrogen and oxygen atoms in total. The van der Waals surface area contributed by atoms with Crippen molar-refractivity contribution in [2.45, 2.75) is 26.0 Å². The zero-order valence-electron chi connectivity index (χ0n) is 10.8. The van der Waals surface area contributed by atoms with Crippen LogP contribution >= 0.6 is 11.6 Å². The van der Waals surface area contributed by atoms with Gasteiger partial charge in [-0.05, 0) is 42.7 Å². The monoisotopic (exact) mass is 273 g/mol. The van der Waals surface area contributed by atoms with Gasteiger partial charge in [-0.2, -0.15) is 0 Å². The van der Waals surface area contributed by atoms with E-state index in [-0.39, 0.29) is 6.61 Å². The number of aliphatic hydroxyl groups is 1. The highest BCUT2D eigenvalue weighted by molar-refractivity contribution is 6.33. The highest BCUT2D eigenvalue weighted by Crippen LogP contribution is 2.41. The Morgan fingerprint density at radius 1 is 1.21 bits per heavy atom. The predicted molar refractivity (Wildman–Crippen MR) is 79.1 cm³/mol. The van der Waals surface area contributed by atoms with E-state index >= 15 is 0 Å². The second kappa shape index (κ2) is 4.87. The Labute approximate surface area is 118 Å². The number of hydrogen-bond donors (Lipinski definition) is 1. The van der Waals surface area contributed by atoms with Crippen LogP contribution in [0.2, 0.25) is 5.02 Å². The number of nitrogens with zero attached hydrogens (tertiary/aromatic N) is 1. The van der Waals surface area contributed by atoms with E-state index in [9.17, 15) is 0 Å². The fourth-order valence-corrected chi connectivity index (χ4v) is 3.07. The Morgan fingerprint density at radius 3 is 2.74 bits per heavy atom. The van der Waals surface area contributed by atoms with Crippen LogP contribution in [0.15, 0.2) is 42.5 Å². The summed E-state index contributed by atoms with van der Waals surface area (Å²) in [5.74, 6) is 0. The molecule has 3 rings (SSSR count). The molecule has 0 saturated carbocycles. The Balaban J connectivity index is 2.07. The number of hydrogen-bond acceptors (Lipinski definition) is 2. The molecule has 1 atom stereocenters. The number of rotatable bonds is 2. The molecule has 1 unspecified atom stereocenters. The molecule has 1 aliphatic rings. The normalized spacial score (nSPS) is 17.6. The van der Waals surface area contributed by atoms with Gasteiger partial charge in [0.2, 0.25) is 0 Å². The minimum Gasteiger partial charge on any atom is -0.392 e. The third kappa shape index (κ3) is 2.11. The molecule has 0 radical (unpaired) electrons. The zero-order chi connectivity index (χ0) is 13.4. The van der Waals surface area contributed by atoms with Crippen LogP contribution in [0.3, 0.4) is 0 Å². The lowest BCUT2D eigenvalue weighted by Crippen LogP contribution is -2.24. The van der Waals surface area contributed by atoms with Crippen LogP contribution in [-0.4, -0.2) is 11.1 Å². The van der Waals surface area contributed by atoms with Crippen LogP contribution in [0.4, 0.5) is 11.4 Å². The van der Waals surface area contributed by atoms with Gasteiger partial charge in [0.15, 0.2) is 0 Å². The number of benzene rings is 2. The quantitative estimate of drug-likeness (QED) is 0.897. The number of aliphatic hydroxyl groups excluding tert-OH is 1. The van der Waals surface area contributed by atoms with Gasteiger partial charge < -0.3 is 10.0 Å².